The highest BCUT2D eigenvalue weighted by Crippen LogP contribution is 2.25. The molecule has 1 saturated heterocycles. The van der Waals surface area contributed by atoms with Gasteiger partial charge in [0.25, 0.3) is 0 Å². The van der Waals surface area contributed by atoms with Gasteiger partial charge < -0.3 is 20.1 Å². The van der Waals surface area contributed by atoms with Crippen LogP contribution in [0.1, 0.15) is 47.0 Å². The maximum atomic E-state index is 12.3. The molecule has 1 aliphatic heterocycles. The van der Waals surface area contributed by atoms with E-state index in [-0.39, 0.29) is 36.7 Å². The molecule has 0 aromatic rings. The van der Waals surface area contributed by atoms with Crippen molar-refractivity contribution in [3.8, 4) is 0 Å². The first-order valence-corrected chi connectivity index (χ1v) is 8.35. The van der Waals surface area contributed by atoms with Gasteiger partial charge in [-0.2, -0.15) is 0 Å². The highest BCUT2D eigenvalue weighted by Gasteiger charge is 2.36. The first-order chi connectivity index (χ1) is 10.3. The number of nitrogens with one attached hydrogen (secondary N) is 1. The fourth-order valence-corrected chi connectivity index (χ4v) is 3.34. The molecule has 2 aliphatic rings. The second-order valence-electron chi connectivity index (χ2n) is 7.51. The van der Waals surface area contributed by atoms with E-state index in [2.05, 4.69) is 24.4 Å². The first kappa shape index (κ1) is 17.3. The Morgan fingerprint density at radius 2 is 2.18 bits per heavy atom. The third-order valence-corrected chi connectivity index (χ3v) is 4.39. The van der Waals surface area contributed by atoms with Crippen molar-refractivity contribution in [3.05, 3.63) is 12.2 Å². The van der Waals surface area contributed by atoms with Crippen molar-refractivity contribution in [1.82, 2.24) is 10.2 Å². The van der Waals surface area contributed by atoms with Gasteiger partial charge in [0, 0.05) is 31.2 Å². The normalized spacial score (nSPS) is 29.9. The number of hydrogen-bond donors (Lipinski definition) is 2. The summed E-state index contributed by atoms with van der Waals surface area (Å²) < 4.78 is 5.52. The minimum absolute atomic E-state index is 0.177. The van der Waals surface area contributed by atoms with Crippen LogP contribution in [0.4, 0.5) is 4.79 Å². The summed E-state index contributed by atoms with van der Waals surface area (Å²) in [7, 11) is 0. The zero-order chi connectivity index (χ0) is 16.3. The van der Waals surface area contributed by atoms with Crippen LogP contribution in [0.25, 0.3) is 0 Å². The molecule has 0 unspecified atom stereocenters. The van der Waals surface area contributed by atoms with Gasteiger partial charge in [0.15, 0.2) is 0 Å². The van der Waals surface area contributed by atoms with Gasteiger partial charge in [0.2, 0.25) is 0 Å². The number of hydrogen-bond acceptors (Lipinski definition) is 4. The summed E-state index contributed by atoms with van der Waals surface area (Å²) in [6.45, 7) is 8.80. The average molecular weight is 310 g/mol. The lowest BCUT2D eigenvalue weighted by atomic mass is 10.0. The molecule has 5 nitrogen and oxygen atoms in total. The van der Waals surface area contributed by atoms with Gasteiger partial charge in [-0.1, -0.05) is 12.2 Å². The Balaban J connectivity index is 1.90. The van der Waals surface area contributed by atoms with Crippen LogP contribution in [0, 0.1) is 5.92 Å². The summed E-state index contributed by atoms with van der Waals surface area (Å²) >= 11 is 0. The van der Waals surface area contributed by atoms with Crippen LogP contribution in [0.3, 0.4) is 0 Å². The molecule has 0 bridgehead atoms. The van der Waals surface area contributed by atoms with E-state index in [0.717, 1.165) is 25.8 Å². The summed E-state index contributed by atoms with van der Waals surface area (Å²) in [6, 6.07) is 0.673. The van der Waals surface area contributed by atoms with Crippen molar-refractivity contribution in [1.29, 1.82) is 0 Å². The molecule has 1 heterocycles. The predicted molar refractivity (Wildman–Crippen MR) is 86.7 cm³/mol. The molecule has 0 aromatic heterocycles. The van der Waals surface area contributed by atoms with E-state index >= 15 is 0 Å². The monoisotopic (exact) mass is 310 g/mol. The van der Waals surface area contributed by atoms with Crippen LogP contribution in [-0.2, 0) is 4.74 Å². The molecule has 2 rings (SSSR count). The van der Waals surface area contributed by atoms with Crippen molar-refractivity contribution in [2.24, 2.45) is 5.92 Å². The van der Waals surface area contributed by atoms with E-state index in [1.165, 1.54) is 0 Å². The van der Waals surface area contributed by atoms with Crippen molar-refractivity contribution in [2.75, 3.05) is 13.2 Å². The van der Waals surface area contributed by atoms with Gasteiger partial charge in [-0.25, -0.2) is 4.79 Å². The molecule has 1 amide bonds. The number of carbonyl (C=O) groups excluding carboxylic acids is 1. The Labute approximate surface area is 133 Å². The van der Waals surface area contributed by atoms with Crippen molar-refractivity contribution in [3.63, 3.8) is 0 Å². The third-order valence-electron chi connectivity index (χ3n) is 4.39. The van der Waals surface area contributed by atoms with Crippen LogP contribution in [0.2, 0.25) is 0 Å². The number of amides is 1. The van der Waals surface area contributed by atoms with Crippen LogP contribution < -0.4 is 5.32 Å². The maximum absolute atomic E-state index is 12.3. The topological polar surface area (TPSA) is 61.8 Å². The number of carbonyl (C=O) groups is 1. The van der Waals surface area contributed by atoms with Crippen molar-refractivity contribution >= 4 is 6.09 Å². The molecule has 0 radical (unpaired) electrons. The van der Waals surface area contributed by atoms with Crippen molar-refractivity contribution < 1.29 is 14.6 Å². The lowest BCUT2D eigenvalue weighted by Crippen LogP contribution is -2.51. The predicted octanol–water partition coefficient (Wildman–Crippen LogP) is 2.30. The zero-order valence-corrected chi connectivity index (χ0v) is 14.2. The lowest BCUT2D eigenvalue weighted by molar-refractivity contribution is 0.0198. The van der Waals surface area contributed by atoms with Crippen LogP contribution in [0.15, 0.2) is 12.2 Å². The smallest absolute Gasteiger partial charge is 0.410 e. The van der Waals surface area contributed by atoms with Crippen LogP contribution in [-0.4, -0.2) is 53.0 Å². The molecule has 4 atom stereocenters. The van der Waals surface area contributed by atoms with Gasteiger partial charge >= 0.3 is 6.09 Å². The molecule has 126 valence electrons. The van der Waals surface area contributed by atoms with E-state index in [0.29, 0.717) is 0 Å². The van der Waals surface area contributed by atoms with Crippen LogP contribution >= 0.6 is 0 Å². The number of aliphatic hydroxyl groups is 1. The molecule has 0 spiro atoms. The summed E-state index contributed by atoms with van der Waals surface area (Å²) in [4.78, 5) is 14.2. The van der Waals surface area contributed by atoms with Crippen molar-refractivity contribution in [2.45, 2.75) is 70.7 Å². The molecule has 1 fully saturated rings. The Morgan fingerprint density at radius 1 is 1.45 bits per heavy atom. The molecular formula is C17H30N2O3. The quantitative estimate of drug-likeness (QED) is 0.782. The molecule has 0 saturated carbocycles. The summed E-state index contributed by atoms with van der Waals surface area (Å²) in [5.41, 5.74) is -0.455. The highest BCUT2D eigenvalue weighted by atomic mass is 16.6. The van der Waals surface area contributed by atoms with Gasteiger partial charge in [0.1, 0.15) is 5.60 Å². The SMILES string of the molecule is C[C@H](N[C@@H]1C=C[C@H](CO)C1)[C@H]1CCCN1C(=O)OC(C)(C)C. The number of likely N-dealkylation sites (tertiary alicyclic amines) is 1. The van der Waals surface area contributed by atoms with E-state index in [9.17, 15) is 9.90 Å². The average Bonchev–Trinajstić information content (AvgIpc) is 3.04. The Bertz CT molecular complexity index is 417. The minimum Gasteiger partial charge on any atom is -0.444 e. The number of aliphatic hydroxyl groups excluding tert-OH is 1. The second kappa shape index (κ2) is 7.01. The number of rotatable bonds is 4. The molecule has 2 N–H and O–H groups in total. The Kier molecular flexibility index (Phi) is 5.50. The molecule has 0 aromatic carbocycles. The second-order valence-corrected chi connectivity index (χ2v) is 7.51. The molecule has 22 heavy (non-hydrogen) atoms. The summed E-state index contributed by atoms with van der Waals surface area (Å²) in [5.74, 6) is 0.259. The van der Waals surface area contributed by atoms with Gasteiger partial charge in [0.05, 0.1) is 6.04 Å². The number of nitrogens with zero attached hydrogens (tertiary/aromatic N) is 1. The Morgan fingerprint density at radius 3 is 2.77 bits per heavy atom. The largest absolute Gasteiger partial charge is 0.444 e. The Hall–Kier alpha value is -1.07. The summed E-state index contributed by atoms with van der Waals surface area (Å²) in [5, 5.41) is 12.8. The summed E-state index contributed by atoms with van der Waals surface area (Å²) in [6.07, 6.45) is 6.96. The van der Waals surface area contributed by atoms with E-state index in [1.54, 1.807) is 0 Å². The molecule has 1 aliphatic carbocycles. The van der Waals surface area contributed by atoms with E-state index < -0.39 is 5.60 Å². The standard InChI is InChI=1S/C17H30N2O3/c1-12(18-14-8-7-13(10-14)11-20)15-6-5-9-19(15)16(21)22-17(2,3)4/h7-8,12-15,18,20H,5-6,9-11H2,1-4H3/t12-,13-,14+,15+/m0/s1. The van der Waals surface area contributed by atoms with Crippen LogP contribution in [0.5, 0.6) is 0 Å². The van der Waals surface area contributed by atoms with Gasteiger partial charge in [-0.05, 0) is 47.0 Å². The van der Waals surface area contributed by atoms with E-state index in [4.69, 9.17) is 4.74 Å². The maximum Gasteiger partial charge on any atom is 0.410 e. The lowest BCUT2D eigenvalue weighted by Gasteiger charge is -2.33. The molecular weight excluding hydrogens is 280 g/mol. The fraction of sp³-hybridized carbons (Fsp3) is 0.824. The minimum atomic E-state index is -0.455. The zero-order valence-electron chi connectivity index (χ0n) is 14.2. The third kappa shape index (κ3) is 4.46. The number of ether oxygens (including phenoxy) is 1. The van der Waals surface area contributed by atoms with Gasteiger partial charge in [-0.15, -0.1) is 0 Å². The fourth-order valence-electron chi connectivity index (χ4n) is 3.34. The van der Waals surface area contributed by atoms with Gasteiger partial charge in [-0.3, -0.25) is 0 Å². The first-order valence-electron chi connectivity index (χ1n) is 8.35. The highest BCUT2D eigenvalue weighted by molar-refractivity contribution is 5.69. The molecule has 5 heteroatoms. The van der Waals surface area contributed by atoms with E-state index in [1.807, 2.05) is 25.7 Å².